The van der Waals surface area contributed by atoms with Gasteiger partial charge in [0.25, 0.3) is 0 Å². The van der Waals surface area contributed by atoms with Gasteiger partial charge in [-0.15, -0.1) is 0 Å². The lowest BCUT2D eigenvalue weighted by Crippen LogP contribution is -2.16. The zero-order valence-electron chi connectivity index (χ0n) is 7.39. The minimum atomic E-state index is -4.05. The molecule has 0 heterocycles. The van der Waals surface area contributed by atoms with Crippen molar-refractivity contribution in [2.45, 2.75) is 22.9 Å². The standard InChI is InChI=1S/C10H10F3I/c11-10(12,13)7-9(14)6-8-4-2-1-3-5-8/h1-5,9H,6-7H2/t9-/m1/s1. The summed E-state index contributed by atoms with van der Waals surface area (Å²) in [6, 6.07) is 9.23. The maximum atomic E-state index is 12.0. The van der Waals surface area contributed by atoms with Crippen LogP contribution in [-0.4, -0.2) is 10.1 Å². The van der Waals surface area contributed by atoms with Crippen LogP contribution in [0.3, 0.4) is 0 Å². The molecule has 0 nitrogen and oxygen atoms in total. The molecule has 0 aliphatic rings. The van der Waals surface area contributed by atoms with Gasteiger partial charge in [0, 0.05) is 3.92 Å². The van der Waals surface area contributed by atoms with E-state index in [2.05, 4.69) is 0 Å². The Labute approximate surface area is 94.6 Å². The monoisotopic (exact) mass is 314 g/mol. The van der Waals surface area contributed by atoms with Crippen LogP contribution in [0.4, 0.5) is 13.2 Å². The molecule has 0 saturated carbocycles. The Hall–Kier alpha value is -0.260. The minimum absolute atomic E-state index is 0.380. The number of hydrogen-bond donors (Lipinski definition) is 0. The van der Waals surface area contributed by atoms with Crippen molar-refractivity contribution in [2.75, 3.05) is 0 Å². The zero-order chi connectivity index (χ0) is 10.6. The molecule has 1 rings (SSSR count). The summed E-state index contributed by atoms with van der Waals surface area (Å²) in [6.45, 7) is 0. The zero-order valence-corrected chi connectivity index (χ0v) is 9.55. The van der Waals surface area contributed by atoms with Crippen LogP contribution in [-0.2, 0) is 6.42 Å². The molecule has 0 unspecified atom stereocenters. The lowest BCUT2D eigenvalue weighted by molar-refractivity contribution is -0.133. The van der Waals surface area contributed by atoms with E-state index in [0.29, 0.717) is 6.42 Å². The van der Waals surface area contributed by atoms with Crippen LogP contribution in [0.2, 0.25) is 0 Å². The molecule has 1 atom stereocenters. The first kappa shape index (κ1) is 11.8. The van der Waals surface area contributed by atoms with Gasteiger partial charge in [-0.2, -0.15) is 13.2 Å². The van der Waals surface area contributed by atoms with Crippen molar-refractivity contribution in [1.82, 2.24) is 0 Å². The van der Waals surface area contributed by atoms with Gasteiger partial charge >= 0.3 is 6.18 Å². The molecule has 14 heavy (non-hydrogen) atoms. The van der Waals surface area contributed by atoms with Gasteiger partial charge in [0.2, 0.25) is 0 Å². The molecule has 0 fully saturated rings. The molecule has 0 saturated heterocycles. The summed E-state index contributed by atoms with van der Waals surface area (Å²) >= 11 is 1.85. The molecular weight excluding hydrogens is 304 g/mol. The van der Waals surface area contributed by atoms with Gasteiger partial charge in [0.1, 0.15) is 0 Å². The van der Waals surface area contributed by atoms with Gasteiger partial charge in [-0.3, -0.25) is 0 Å². The van der Waals surface area contributed by atoms with Crippen molar-refractivity contribution >= 4 is 22.6 Å². The summed E-state index contributed by atoms with van der Waals surface area (Å²) in [5, 5.41) is 0. The first-order valence-corrected chi connectivity index (χ1v) is 5.47. The number of halogens is 4. The molecule has 0 N–H and O–H groups in total. The maximum Gasteiger partial charge on any atom is 0.390 e. The molecule has 0 amide bonds. The summed E-state index contributed by atoms with van der Waals surface area (Å²) in [5.41, 5.74) is 0.955. The fourth-order valence-corrected chi connectivity index (χ4v) is 2.20. The molecular formula is C10H10F3I. The van der Waals surface area contributed by atoms with Crippen molar-refractivity contribution in [3.05, 3.63) is 35.9 Å². The van der Waals surface area contributed by atoms with E-state index in [-0.39, 0.29) is 3.92 Å². The van der Waals surface area contributed by atoms with Crippen molar-refractivity contribution in [1.29, 1.82) is 0 Å². The molecule has 1 aromatic carbocycles. The van der Waals surface area contributed by atoms with E-state index >= 15 is 0 Å². The Morgan fingerprint density at radius 1 is 1.14 bits per heavy atom. The summed E-state index contributed by atoms with van der Waals surface area (Å²) in [5.74, 6) is 0. The van der Waals surface area contributed by atoms with Gasteiger partial charge in [0.05, 0.1) is 6.42 Å². The minimum Gasteiger partial charge on any atom is -0.171 e. The van der Waals surface area contributed by atoms with Crippen molar-refractivity contribution in [2.24, 2.45) is 0 Å². The second-order valence-electron chi connectivity index (χ2n) is 3.11. The second kappa shape index (κ2) is 5.00. The quantitative estimate of drug-likeness (QED) is 0.585. The van der Waals surface area contributed by atoms with Crippen LogP contribution >= 0.6 is 22.6 Å². The molecule has 0 aromatic heterocycles. The molecule has 4 heteroatoms. The van der Waals surface area contributed by atoms with Crippen molar-refractivity contribution in [3.8, 4) is 0 Å². The van der Waals surface area contributed by atoms with Crippen LogP contribution in [0.5, 0.6) is 0 Å². The third-order valence-corrected chi connectivity index (χ3v) is 2.63. The summed E-state index contributed by atoms with van der Waals surface area (Å²) in [4.78, 5) is 0. The summed E-state index contributed by atoms with van der Waals surface area (Å²) in [6.07, 6.45) is -4.30. The largest absolute Gasteiger partial charge is 0.390 e. The fraction of sp³-hybridized carbons (Fsp3) is 0.400. The average Bonchev–Trinajstić information content (AvgIpc) is 2.02. The lowest BCUT2D eigenvalue weighted by Gasteiger charge is -2.12. The van der Waals surface area contributed by atoms with E-state index in [0.717, 1.165) is 5.56 Å². The highest BCUT2D eigenvalue weighted by Gasteiger charge is 2.30. The van der Waals surface area contributed by atoms with E-state index in [1.54, 1.807) is 0 Å². The van der Waals surface area contributed by atoms with Crippen molar-refractivity contribution in [3.63, 3.8) is 0 Å². The third-order valence-electron chi connectivity index (χ3n) is 1.75. The highest BCUT2D eigenvalue weighted by molar-refractivity contribution is 14.1. The highest BCUT2D eigenvalue weighted by atomic mass is 127. The van der Waals surface area contributed by atoms with Gasteiger partial charge in [-0.1, -0.05) is 52.9 Å². The first-order valence-electron chi connectivity index (χ1n) is 4.22. The van der Waals surface area contributed by atoms with Crippen LogP contribution in [0, 0.1) is 0 Å². The Balaban J connectivity index is 2.46. The number of benzene rings is 1. The Morgan fingerprint density at radius 2 is 1.71 bits per heavy atom. The van der Waals surface area contributed by atoms with E-state index in [9.17, 15) is 13.2 Å². The smallest absolute Gasteiger partial charge is 0.171 e. The Kier molecular flexibility index (Phi) is 4.22. The fourth-order valence-electron chi connectivity index (χ4n) is 1.19. The van der Waals surface area contributed by atoms with Gasteiger partial charge in [0.15, 0.2) is 0 Å². The highest BCUT2D eigenvalue weighted by Crippen LogP contribution is 2.27. The SMILES string of the molecule is FC(F)(F)C[C@H](I)Cc1ccccc1. The molecule has 0 radical (unpaired) electrons. The maximum absolute atomic E-state index is 12.0. The second-order valence-corrected chi connectivity index (χ2v) is 4.87. The molecule has 0 spiro atoms. The van der Waals surface area contributed by atoms with E-state index in [1.807, 2.05) is 52.9 Å². The molecule has 0 aliphatic carbocycles. The lowest BCUT2D eigenvalue weighted by atomic mass is 10.1. The van der Waals surface area contributed by atoms with Crippen LogP contribution < -0.4 is 0 Å². The van der Waals surface area contributed by atoms with E-state index in [4.69, 9.17) is 0 Å². The molecule has 1 aromatic rings. The molecule has 0 aliphatic heterocycles. The third kappa shape index (κ3) is 4.83. The predicted octanol–water partition coefficient (Wildman–Crippen LogP) is 3.99. The number of alkyl halides is 4. The molecule has 0 bridgehead atoms. The van der Waals surface area contributed by atoms with E-state index < -0.39 is 12.6 Å². The van der Waals surface area contributed by atoms with E-state index in [1.165, 1.54) is 0 Å². The first-order chi connectivity index (χ1) is 6.47. The Bertz CT molecular complexity index is 268. The number of rotatable bonds is 3. The summed E-state index contributed by atoms with van der Waals surface area (Å²) < 4.78 is 35.6. The summed E-state index contributed by atoms with van der Waals surface area (Å²) in [7, 11) is 0. The number of hydrogen-bond acceptors (Lipinski definition) is 0. The van der Waals surface area contributed by atoms with Crippen LogP contribution in [0.1, 0.15) is 12.0 Å². The average molecular weight is 314 g/mol. The predicted molar refractivity (Wildman–Crippen MR) is 58.6 cm³/mol. The van der Waals surface area contributed by atoms with Gasteiger partial charge in [-0.05, 0) is 12.0 Å². The normalized spacial score (nSPS) is 14.0. The Morgan fingerprint density at radius 3 is 2.21 bits per heavy atom. The van der Waals surface area contributed by atoms with Crippen molar-refractivity contribution < 1.29 is 13.2 Å². The van der Waals surface area contributed by atoms with Gasteiger partial charge < -0.3 is 0 Å². The molecule has 78 valence electrons. The topological polar surface area (TPSA) is 0 Å². The van der Waals surface area contributed by atoms with Gasteiger partial charge in [-0.25, -0.2) is 0 Å². The van der Waals surface area contributed by atoms with Crippen LogP contribution in [0.25, 0.3) is 0 Å². The van der Waals surface area contributed by atoms with Crippen LogP contribution in [0.15, 0.2) is 30.3 Å².